The highest BCUT2D eigenvalue weighted by Crippen LogP contribution is 2.23. The molecule has 1 amide bonds. The molecule has 0 aliphatic heterocycles. The lowest BCUT2D eigenvalue weighted by Crippen LogP contribution is -2.37. The van der Waals surface area contributed by atoms with Gasteiger partial charge in [0.15, 0.2) is 0 Å². The summed E-state index contributed by atoms with van der Waals surface area (Å²) in [5, 5.41) is 2.93. The highest BCUT2D eigenvalue weighted by atomic mass is 79.9. The summed E-state index contributed by atoms with van der Waals surface area (Å²) in [7, 11) is 0. The molecule has 0 saturated heterocycles. The van der Waals surface area contributed by atoms with E-state index in [0.717, 1.165) is 32.9 Å². The van der Waals surface area contributed by atoms with Gasteiger partial charge in [-0.2, -0.15) is 0 Å². The molecule has 30 heavy (non-hydrogen) atoms. The molecule has 6 heteroatoms. The molecule has 0 bridgehead atoms. The topological polar surface area (TPSA) is 42.4 Å². The van der Waals surface area contributed by atoms with Crippen LogP contribution in [-0.4, -0.2) is 21.8 Å². The van der Waals surface area contributed by atoms with Crippen LogP contribution in [-0.2, 0) is 13.2 Å². The summed E-state index contributed by atoms with van der Waals surface area (Å²) in [6.45, 7) is 9.23. The lowest BCUT2D eigenvalue weighted by molar-refractivity contribution is 0.0669. The van der Waals surface area contributed by atoms with Gasteiger partial charge in [0.1, 0.15) is 17.4 Å². The van der Waals surface area contributed by atoms with Gasteiger partial charge >= 0.3 is 0 Å². The van der Waals surface area contributed by atoms with Gasteiger partial charge in [-0.1, -0.05) is 41.1 Å². The van der Waals surface area contributed by atoms with Crippen LogP contribution in [0.3, 0.4) is 0 Å². The average molecular weight is 487 g/mol. The quantitative estimate of drug-likeness (QED) is 0.362. The number of ether oxygens (including phenoxy) is 1. The van der Waals surface area contributed by atoms with Gasteiger partial charge in [-0.25, -0.2) is 4.98 Å². The fourth-order valence-electron chi connectivity index (χ4n) is 3.12. The number of aryl methyl sites for hydroxylation is 1. The minimum Gasteiger partial charge on any atom is -0.486 e. The summed E-state index contributed by atoms with van der Waals surface area (Å²) >= 11 is 5.02. The Hall–Kier alpha value is -2.18. The number of carbonyl (C=O) groups is 1. The van der Waals surface area contributed by atoms with Crippen LogP contribution < -0.4 is 4.74 Å². The fourth-order valence-corrected chi connectivity index (χ4v) is 4.21. The Bertz CT molecular complexity index is 1020. The zero-order valence-corrected chi connectivity index (χ0v) is 20.2. The number of benzene rings is 2. The molecule has 0 fully saturated rings. The molecule has 0 N–H and O–H groups in total. The number of nitrogens with zero attached hydrogens (tertiary/aromatic N) is 2. The second-order valence-corrected chi connectivity index (χ2v) is 9.28. The van der Waals surface area contributed by atoms with Crippen LogP contribution in [0.25, 0.3) is 0 Å². The van der Waals surface area contributed by atoms with Crippen molar-refractivity contribution in [3.63, 3.8) is 0 Å². The largest absolute Gasteiger partial charge is 0.486 e. The molecule has 0 radical (unpaired) electrons. The van der Waals surface area contributed by atoms with Gasteiger partial charge in [-0.3, -0.25) is 4.79 Å². The highest BCUT2D eigenvalue weighted by molar-refractivity contribution is 9.10. The first kappa shape index (κ1) is 22.5. The predicted molar refractivity (Wildman–Crippen MR) is 126 cm³/mol. The van der Waals surface area contributed by atoms with Crippen molar-refractivity contribution in [2.45, 2.75) is 53.3 Å². The van der Waals surface area contributed by atoms with E-state index in [2.05, 4.69) is 49.7 Å². The van der Waals surface area contributed by atoms with Gasteiger partial charge in [-0.05, 0) is 62.6 Å². The van der Waals surface area contributed by atoms with Crippen molar-refractivity contribution < 1.29 is 9.53 Å². The van der Waals surface area contributed by atoms with E-state index in [1.807, 2.05) is 46.7 Å². The van der Waals surface area contributed by atoms with Crippen LogP contribution >= 0.6 is 27.3 Å². The van der Waals surface area contributed by atoms with Gasteiger partial charge in [0.05, 0.1) is 12.2 Å². The van der Waals surface area contributed by atoms with Gasteiger partial charge in [-0.15, -0.1) is 11.3 Å². The number of halogens is 1. The molecule has 4 nitrogen and oxygen atoms in total. The van der Waals surface area contributed by atoms with Crippen LogP contribution in [0.1, 0.15) is 52.5 Å². The Morgan fingerprint density at radius 1 is 1.23 bits per heavy atom. The average Bonchev–Trinajstić information content (AvgIpc) is 3.19. The number of carbonyl (C=O) groups excluding carboxylic acids is 1. The van der Waals surface area contributed by atoms with E-state index < -0.39 is 0 Å². The molecule has 2 aromatic carbocycles. The van der Waals surface area contributed by atoms with E-state index in [9.17, 15) is 4.79 Å². The number of aromatic nitrogens is 1. The zero-order valence-electron chi connectivity index (χ0n) is 17.8. The van der Waals surface area contributed by atoms with E-state index in [-0.39, 0.29) is 11.9 Å². The van der Waals surface area contributed by atoms with Crippen molar-refractivity contribution in [3.8, 4) is 5.75 Å². The third-order valence-electron chi connectivity index (χ3n) is 5.29. The molecule has 158 valence electrons. The van der Waals surface area contributed by atoms with Gasteiger partial charge in [0.25, 0.3) is 5.91 Å². The first-order chi connectivity index (χ1) is 14.4. The Labute approximate surface area is 191 Å². The molecular weight excluding hydrogens is 460 g/mol. The number of amides is 1. The third kappa shape index (κ3) is 5.49. The number of hydrogen-bond acceptors (Lipinski definition) is 4. The standard InChI is InChI=1S/C24H27BrN2O2S/c1-5-17(3)27(24(28)19-9-7-10-20(25)12-19)13-21-15-30-23(26-21)14-29-22-11-6-8-16(2)18(22)4/h6-12,15,17H,5,13-14H2,1-4H3. The van der Waals surface area contributed by atoms with Crippen molar-refractivity contribution in [1.29, 1.82) is 0 Å². The Morgan fingerprint density at radius 3 is 2.73 bits per heavy atom. The summed E-state index contributed by atoms with van der Waals surface area (Å²) in [6, 6.07) is 13.7. The predicted octanol–water partition coefficient (Wildman–Crippen LogP) is 6.54. The van der Waals surface area contributed by atoms with Crippen LogP contribution in [0.4, 0.5) is 0 Å². The first-order valence-electron chi connectivity index (χ1n) is 10.1. The van der Waals surface area contributed by atoms with E-state index in [4.69, 9.17) is 9.72 Å². The third-order valence-corrected chi connectivity index (χ3v) is 6.66. The lowest BCUT2D eigenvalue weighted by Gasteiger charge is -2.28. The maximum atomic E-state index is 13.1. The smallest absolute Gasteiger partial charge is 0.254 e. The van der Waals surface area contributed by atoms with Crippen molar-refractivity contribution in [1.82, 2.24) is 9.88 Å². The molecule has 0 aliphatic carbocycles. The van der Waals surface area contributed by atoms with Gasteiger partial charge < -0.3 is 9.64 Å². The van der Waals surface area contributed by atoms with Crippen LogP contribution in [0.15, 0.2) is 52.3 Å². The summed E-state index contributed by atoms with van der Waals surface area (Å²) in [5.74, 6) is 0.907. The molecular formula is C24H27BrN2O2S. The number of hydrogen-bond donors (Lipinski definition) is 0. The highest BCUT2D eigenvalue weighted by Gasteiger charge is 2.22. The molecule has 1 unspecified atom stereocenters. The SMILES string of the molecule is CCC(C)N(Cc1csc(COc2cccc(C)c2C)n1)C(=O)c1cccc(Br)c1. The van der Waals surface area contributed by atoms with Crippen molar-refractivity contribution in [2.24, 2.45) is 0 Å². The Morgan fingerprint density at radius 2 is 2.00 bits per heavy atom. The van der Waals surface area contributed by atoms with E-state index >= 15 is 0 Å². The number of thiazole rings is 1. The maximum Gasteiger partial charge on any atom is 0.254 e. The molecule has 0 spiro atoms. The minimum atomic E-state index is 0.0202. The van der Waals surface area contributed by atoms with Crippen molar-refractivity contribution in [2.75, 3.05) is 0 Å². The molecule has 1 aromatic heterocycles. The lowest BCUT2D eigenvalue weighted by atomic mass is 10.1. The summed E-state index contributed by atoms with van der Waals surface area (Å²) in [4.78, 5) is 19.8. The van der Waals surface area contributed by atoms with Crippen LogP contribution in [0.2, 0.25) is 0 Å². The molecule has 1 heterocycles. The molecule has 1 atom stereocenters. The molecule has 0 aliphatic rings. The van der Waals surface area contributed by atoms with Crippen LogP contribution in [0.5, 0.6) is 5.75 Å². The van der Waals surface area contributed by atoms with E-state index in [1.54, 1.807) is 11.3 Å². The summed E-state index contributed by atoms with van der Waals surface area (Å²) < 4.78 is 6.88. The second-order valence-electron chi connectivity index (χ2n) is 7.42. The first-order valence-corrected chi connectivity index (χ1v) is 11.7. The molecule has 0 saturated carbocycles. The normalized spacial score (nSPS) is 11.9. The monoisotopic (exact) mass is 486 g/mol. The summed E-state index contributed by atoms with van der Waals surface area (Å²) in [5.41, 5.74) is 3.93. The Kier molecular flexibility index (Phi) is 7.67. The van der Waals surface area contributed by atoms with Crippen molar-refractivity contribution in [3.05, 3.63) is 79.7 Å². The zero-order chi connectivity index (χ0) is 21.7. The van der Waals surface area contributed by atoms with E-state index in [1.165, 1.54) is 5.56 Å². The van der Waals surface area contributed by atoms with E-state index in [0.29, 0.717) is 18.7 Å². The maximum absolute atomic E-state index is 13.1. The summed E-state index contributed by atoms with van der Waals surface area (Å²) in [6.07, 6.45) is 0.881. The van der Waals surface area contributed by atoms with Crippen LogP contribution in [0, 0.1) is 13.8 Å². The number of rotatable bonds is 8. The molecule has 3 aromatic rings. The minimum absolute atomic E-state index is 0.0202. The Balaban J connectivity index is 1.71. The van der Waals surface area contributed by atoms with Gasteiger partial charge in [0, 0.05) is 21.5 Å². The fraction of sp³-hybridized carbons (Fsp3) is 0.333. The molecule has 3 rings (SSSR count). The van der Waals surface area contributed by atoms with Crippen molar-refractivity contribution >= 4 is 33.2 Å². The van der Waals surface area contributed by atoms with Gasteiger partial charge in [0.2, 0.25) is 0 Å². The second kappa shape index (κ2) is 10.2.